The van der Waals surface area contributed by atoms with Crippen LogP contribution in [0.5, 0.6) is 5.75 Å². The molecule has 0 aliphatic heterocycles. The lowest BCUT2D eigenvalue weighted by molar-refractivity contribution is -0.109. The maximum Gasteiger partial charge on any atom is 0.225 e. The van der Waals surface area contributed by atoms with Crippen LogP contribution in [0.4, 0.5) is 17.1 Å². The van der Waals surface area contributed by atoms with E-state index in [1.165, 1.54) is 0 Å². The third-order valence-corrected chi connectivity index (χ3v) is 2.96. The molecule has 4 N–H and O–H groups in total. The second-order valence-corrected chi connectivity index (χ2v) is 4.66. The molecule has 114 valence electrons. The van der Waals surface area contributed by atoms with Crippen LogP contribution in [0.2, 0.25) is 0 Å². The topological polar surface area (TPSA) is 74.4 Å². The van der Waals surface area contributed by atoms with Crippen LogP contribution in [0.3, 0.4) is 0 Å². The Balaban J connectivity index is 2.03. The fraction of sp³-hybridized carbons (Fsp3) is 0.0667. The van der Waals surface area contributed by atoms with Crippen molar-refractivity contribution in [2.45, 2.75) is 0 Å². The predicted octanol–water partition coefficient (Wildman–Crippen LogP) is 2.58. The summed E-state index contributed by atoms with van der Waals surface area (Å²) in [6.45, 7) is 0. The number of nitrogens with one attached hydrogen (secondary N) is 4. The van der Waals surface area contributed by atoms with Crippen LogP contribution >= 0.6 is 12.2 Å². The van der Waals surface area contributed by atoms with Gasteiger partial charge >= 0.3 is 0 Å². The van der Waals surface area contributed by atoms with E-state index in [1.54, 1.807) is 19.2 Å². The van der Waals surface area contributed by atoms with Crippen molar-refractivity contribution in [2.24, 2.45) is 0 Å². The van der Waals surface area contributed by atoms with Gasteiger partial charge in [0.25, 0.3) is 0 Å². The second kappa shape index (κ2) is 7.84. The number of carbonyl (C=O) groups excluding carboxylic acids is 1. The van der Waals surface area contributed by atoms with Crippen molar-refractivity contribution in [3.63, 3.8) is 0 Å². The van der Waals surface area contributed by atoms with Crippen molar-refractivity contribution < 1.29 is 9.53 Å². The number of para-hydroxylation sites is 1. The lowest BCUT2D eigenvalue weighted by atomic mass is 10.2. The molecule has 6 nitrogen and oxygen atoms in total. The van der Waals surface area contributed by atoms with Gasteiger partial charge in [0.05, 0.1) is 12.8 Å². The molecule has 0 aliphatic rings. The second-order valence-electron chi connectivity index (χ2n) is 4.25. The molecule has 2 aromatic rings. The van der Waals surface area contributed by atoms with E-state index in [0.717, 1.165) is 11.4 Å². The summed E-state index contributed by atoms with van der Waals surface area (Å²) in [6, 6.07) is 15.0. The molecule has 0 spiro atoms. The van der Waals surface area contributed by atoms with Crippen molar-refractivity contribution >= 4 is 40.8 Å². The van der Waals surface area contributed by atoms with Gasteiger partial charge in [-0.1, -0.05) is 18.2 Å². The van der Waals surface area contributed by atoms with Gasteiger partial charge in [-0.15, -0.1) is 0 Å². The van der Waals surface area contributed by atoms with Gasteiger partial charge < -0.3 is 15.4 Å². The third-order valence-electron chi connectivity index (χ3n) is 2.76. The number of ether oxygens (including phenoxy) is 1. The van der Waals surface area contributed by atoms with Crippen molar-refractivity contribution in [1.29, 1.82) is 0 Å². The molecule has 0 saturated carbocycles. The Bertz CT molecular complexity index is 649. The summed E-state index contributed by atoms with van der Waals surface area (Å²) in [6.07, 6.45) is 0.546. The molecule has 0 radical (unpaired) electrons. The van der Waals surface area contributed by atoms with E-state index in [4.69, 9.17) is 17.0 Å². The Hall–Kier alpha value is -2.80. The lowest BCUT2D eigenvalue weighted by Gasteiger charge is -2.14. The van der Waals surface area contributed by atoms with E-state index < -0.39 is 0 Å². The van der Waals surface area contributed by atoms with E-state index in [0.29, 0.717) is 23.0 Å². The van der Waals surface area contributed by atoms with Gasteiger partial charge in [-0.05, 0) is 36.5 Å². The van der Waals surface area contributed by atoms with Gasteiger partial charge in [0.2, 0.25) is 6.41 Å². The molecule has 0 bridgehead atoms. The highest BCUT2D eigenvalue weighted by atomic mass is 32.1. The molecular weight excluding hydrogens is 300 g/mol. The number of amides is 1. The van der Waals surface area contributed by atoms with E-state index in [1.807, 2.05) is 36.4 Å². The molecule has 0 heterocycles. The largest absolute Gasteiger partial charge is 0.494 e. The first-order chi connectivity index (χ1) is 10.7. The molecule has 0 atom stereocenters. The molecule has 0 aliphatic carbocycles. The minimum atomic E-state index is 0.472. The number of hydrazine groups is 1. The van der Waals surface area contributed by atoms with Crippen LogP contribution in [-0.2, 0) is 4.79 Å². The fourth-order valence-corrected chi connectivity index (χ4v) is 2.03. The number of methoxy groups -OCH3 is 1. The molecule has 0 saturated heterocycles. The van der Waals surface area contributed by atoms with E-state index in [2.05, 4.69) is 21.5 Å². The Morgan fingerprint density at radius 3 is 2.50 bits per heavy atom. The summed E-state index contributed by atoms with van der Waals surface area (Å²) in [5, 5.41) is 6.63. The zero-order valence-corrected chi connectivity index (χ0v) is 12.7. The van der Waals surface area contributed by atoms with Crippen LogP contribution in [0, 0.1) is 0 Å². The maximum atomic E-state index is 10.3. The standard InChI is InChI=1S/C15H16N4O2S/c1-21-14-9-12(7-8-13(14)19-16-10-20)18-15(22)17-11-5-3-2-4-6-11/h2-10,19H,1H3,(H,16,20)(H2,17,18,22). The van der Waals surface area contributed by atoms with Gasteiger partial charge in [0.1, 0.15) is 5.75 Å². The highest BCUT2D eigenvalue weighted by Crippen LogP contribution is 2.27. The van der Waals surface area contributed by atoms with Crippen LogP contribution in [0.1, 0.15) is 0 Å². The van der Waals surface area contributed by atoms with Crippen LogP contribution in [0.25, 0.3) is 0 Å². The van der Waals surface area contributed by atoms with Gasteiger partial charge in [0.15, 0.2) is 5.11 Å². The number of carbonyl (C=O) groups is 1. The Labute approximate surface area is 133 Å². The number of hydrogen-bond acceptors (Lipinski definition) is 4. The summed E-state index contributed by atoms with van der Waals surface area (Å²) < 4.78 is 5.26. The molecule has 2 aromatic carbocycles. The van der Waals surface area contributed by atoms with Gasteiger partial charge in [0, 0.05) is 17.4 Å². The van der Waals surface area contributed by atoms with Crippen LogP contribution in [-0.4, -0.2) is 18.6 Å². The van der Waals surface area contributed by atoms with E-state index >= 15 is 0 Å². The van der Waals surface area contributed by atoms with Gasteiger partial charge in [-0.25, -0.2) is 0 Å². The minimum Gasteiger partial charge on any atom is -0.494 e. The SMILES string of the molecule is COc1cc(NC(=S)Nc2ccccc2)ccc1NNC=O. The molecule has 2 rings (SSSR count). The zero-order chi connectivity index (χ0) is 15.8. The molecule has 22 heavy (non-hydrogen) atoms. The monoisotopic (exact) mass is 316 g/mol. The Morgan fingerprint density at radius 1 is 1.09 bits per heavy atom. The number of thiocarbonyl (C=S) groups is 1. The summed E-state index contributed by atoms with van der Waals surface area (Å²) in [5.41, 5.74) is 7.39. The fourth-order valence-electron chi connectivity index (χ4n) is 1.79. The molecule has 1 amide bonds. The highest BCUT2D eigenvalue weighted by Gasteiger charge is 2.05. The van der Waals surface area contributed by atoms with Crippen molar-refractivity contribution in [1.82, 2.24) is 5.43 Å². The average molecular weight is 316 g/mol. The lowest BCUT2D eigenvalue weighted by Crippen LogP contribution is -2.20. The predicted molar refractivity (Wildman–Crippen MR) is 92.1 cm³/mol. The summed E-state index contributed by atoms with van der Waals surface area (Å²) >= 11 is 5.26. The van der Waals surface area contributed by atoms with Gasteiger partial charge in [-0.2, -0.15) is 0 Å². The number of rotatable bonds is 6. The normalized spacial score (nSPS) is 9.50. The Kier molecular flexibility index (Phi) is 5.56. The quantitative estimate of drug-likeness (QED) is 0.373. The zero-order valence-electron chi connectivity index (χ0n) is 11.9. The number of anilines is 3. The first kappa shape index (κ1) is 15.6. The summed E-state index contributed by atoms with van der Waals surface area (Å²) in [5.74, 6) is 0.571. The van der Waals surface area contributed by atoms with E-state index in [9.17, 15) is 4.79 Å². The first-order valence-electron chi connectivity index (χ1n) is 6.49. The molecule has 0 unspecified atom stereocenters. The smallest absolute Gasteiger partial charge is 0.225 e. The average Bonchev–Trinajstić information content (AvgIpc) is 2.54. The van der Waals surface area contributed by atoms with Crippen molar-refractivity contribution in [3.05, 3.63) is 48.5 Å². The van der Waals surface area contributed by atoms with Crippen molar-refractivity contribution in [2.75, 3.05) is 23.2 Å². The van der Waals surface area contributed by atoms with Crippen molar-refractivity contribution in [3.8, 4) is 5.75 Å². The minimum absolute atomic E-state index is 0.472. The first-order valence-corrected chi connectivity index (χ1v) is 6.90. The number of hydrogen-bond donors (Lipinski definition) is 4. The summed E-state index contributed by atoms with van der Waals surface area (Å²) in [7, 11) is 1.55. The van der Waals surface area contributed by atoms with Crippen LogP contribution < -0.4 is 26.2 Å². The highest BCUT2D eigenvalue weighted by molar-refractivity contribution is 7.80. The molecular formula is C15H16N4O2S. The molecule has 0 fully saturated rings. The molecule has 0 aromatic heterocycles. The maximum absolute atomic E-state index is 10.3. The number of benzene rings is 2. The summed E-state index contributed by atoms with van der Waals surface area (Å²) in [4.78, 5) is 10.3. The van der Waals surface area contributed by atoms with E-state index in [-0.39, 0.29) is 0 Å². The molecule has 7 heteroatoms. The third kappa shape index (κ3) is 4.35. The van der Waals surface area contributed by atoms with Gasteiger partial charge in [-0.3, -0.25) is 15.6 Å². The van der Waals surface area contributed by atoms with Crippen LogP contribution in [0.15, 0.2) is 48.5 Å². The Morgan fingerprint density at radius 2 is 1.82 bits per heavy atom.